The van der Waals surface area contributed by atoms with Crippen LogP contribution in [-0.2, 0) is 27.1 Å². The van der Waals surface area contributed by atoms with E-state index in [2.05, 4.69) is 26.0 Å². The first kappa shape index (κ1) is 37.3. The topological polar surface area (TPSA) is 154 Å². The molecule has 0 saturated carbocycles. The van der Waals surface area contributed by atoms with Crippen molar-refractivity contribution < 1.29 is 28.6 Å². The van der Waals surface area contributed by atoms with Crippen LogP contribution in [0, 0.1) is 25.2 Å². The molecule has 0 aliphatic carbocycles. The van der Waals surface area contributed by atoms with Gasteiger partial charge in [0.1, 0.15) is 6.07 Å². The third-order valence-corrected chi connectivity index (χ3v) is 7.73. The number of aromatic nitrogens is 4. The van der Waals surface area contributed by atoms with Gasteiger partial charge in [0.2, 0.25) is 0 Å². The largest absolute Gasteiger partial charge is 0.465 e. The molecule has 0 bridgehead atoms. The van der Waals surface area contributed by atoms with Crippen LogP contribution in [0.3, 0.4) is 0 Å². The SMILES string of the molecule is C.COC(=O)c1ccnc(Cc2cc(C#N)c3ncc(C)cc3c2)c1.COC(=O)c1ccnc(Cc2cc(C(=O)OC)c3ncc(C)cc3c2)c1. The van der Waals surface area contributed by atoms with Gasteiger partial charge in [-0.05, 0) is 96.8 Å². The van der Waals surface area contributed by atoms with Crippen molar-refractivity contribution in [1.82, 2.24) is 19.9 Å². The number of fused-ring (bicyclic) bond motifs is 2. The highest BCUT2D eigenvalue weighted by molar-refractivity contribution is 6.03. The number of ether oxygens (including phenoxy) is 3. The fourth-order valence-electron chi connectivity index (χ4n) is 5.46. The lowest BCUT2D eigenvalue weighted by atomic mass is 10.0. The second kappa shape index (κ2) is 16.7. The summed E-state index contributed by atoms with van der Waals surface area (Å²) in [6.45, 7) is 3.91. The molecule has 0 unspecified atom stereocenters. The molecule has 258 valence electrons. The zero-order valence-electron chi connectivity index (χ0n) is 28.2. The van der Waals surface area contributed by atoms with Crippen LogP contribution in [0.5, 0.6) is 0 Å². The predicted octanol–water partition coefficient (Wildman–Crippen LogP) is 6.93. The average molecular weight is 684 g/mol. The van der Waals surface area contributed by atoms with E-state index in [0.29, 0.717) is 51.8 Å². The first-order valence-corrected chi connectivity index (χ1v) is 15.5. The first-order valence-electron chi connectivity index (χ1n) is 15.5. The van der Waals surface area contributed by atoms with Gasteiger partial charge in [-0.15, -0.1) is 0 Å². The Morgan fingerprint density at radius 3 is 1.59 bits per heavy atom. The molecule has 0 spiro atoms. The molecule has 4 aromatic heterocycles. The molecule has 6 rings (SSSR count). The van der Waals surface area contributed by atoms with Crippen LogP contribution < -0.4 is 0 Å². The molecule has 51 heavy (non-hydrogen) atoms. The molecule has 0 fully saturated rings. The summed E-state index contributed by atoms with van der Waals surface area (Å²) in [5.74, 6) is -1.25. The van der Waals surface area contributed by atoms with E-state index in [1.807, 2.05) is 44.2 Å². The minimum absolute atomic E-state index is 0. The summed E-state index contributed by atoms with van der Waals surface area (Å²) in [7, 11) is 4.03. The molecule has 0 N–H and O–H groups in total. The summed E-state index contributed by atoms with van der Waals surface area (Å²) in [5, 5.41) is 11.2. The minimum atomic E-state index is -0.440. The van der Waals surface area contributed by atoms with Crippen LogP contribution in [0.15, 0.2) is 85.5 Å². The summed E-state index contributed by atoms with van der Waals surface area (Å²) >= 11 is 0. The molecular weight excluding hydrogens is 646 g/mol. The number of hydrogen-bond donors (Lipinski definition) is 0. The molecule has 0 saturated heterocycles. The first-order chi connectivity index (χ1) is 24.1. The Hall–Kier alpha value is -6.54. The summed E-state index contributed by atoms with van der Waals surface area (Å²) in [5.41, 5.74) is 8.42. The van der Waals surface area contributed by atoms with Gasteiger partial charge in [-0.2, -0.15) is 5.26 Å². The number of aryl methyl sites for hydroxylation is 2. The number of carbonyl (C=O) groups is 3. The van der Waals surface area contributed by atoms with Gasteiger partial charge >= 0.3 is 17.9 Å². The van der Waals surface area contributed by atoms with E-state index < -0.39 is 17.9 Å². The van der Waals surface area contributed by atoms with Gasteiger partial charge < -0.3 is 14.2 Å². The summed E-state index contributed by atoms with van der Waals surface area (Å²) in [4.78, 5) is 52.8. The Morgan fingerprint density at radius 2 is 1.10 bits per heavy atom. The average Bonchev–Trinajstić information content (AvgIpc) is 3.13. The van der Waals surface area contributed by atoms with Crippen LogP contribution in [-0.4, -0.2) is 59.2 Å². The second-order valence-corrected chi connectivity index (χ2v) is 11.5. The predicted molar refractivity (Wildman–Crippen MR) is 193 cm³/mol. The maximum Gasteiger partial charge on any atom is 0.340 e. The van der Waals surface area contributed by atoms with Crippen LogP contribution in [0.1, 0.15) is 77.7 Å². The van der Waals surface area contributed by atoms with Gasteiger partial charge in [0.25, 0.3) is 0 Å². The van der Waals surface area contributed by atoms with Crippen molar-refractivity contribution in [3.63, 3.8) is 0 Å². The van der Waals surface area contributed by atoms with Crippen molar-refractivity contribution >= 4 is 39.7 Å². The molecule has 11 heteroatoms. The molecule has 0 aliphatic rings. The van der Waals surface area contributed by atoms with E-state index in [1.165, 1.54) is 21.3 Å². The molecule has 0 amide bonds. The lowest BCUT2D eigenvalue weighted by Gasteiger charge is -2.09. The number of esters is 3. The minimum Gasteiger partial charge on any atom is -0.465 e. The monoisotopic (exact) mass is 683 g/mol. The Morgan fingerprint density at radius 1 is 0.627 bits per heavy atom. The van der Waals surface area contributed by atoms with Crippen molar-refractivity contribution in [1.29, 1.82) is 5.26 Å². The van der Waals surface area contributed by atoms with Gasteiger partial charge in [0, 0.05) is 59.8 Å². The molecule has 0 atom stereocenters. The van der Waals surface area contributed by atoms with E-state index in [0.717, 1.165) is 38.7 Å². The number of carbonyl (C=O) groups excluding carboxylic acids is 3. The fourth-order valence-corrected chi connectivity index (χ4v) is 5.46. The number of pyridine rings is 4. The van der Waals surface area contributed by atoms with E-state index in [-0.39, 0.29) is 7.43 Å². The van der Waals surface area contributed by atoms with Crippen LogP contribution in [0.2, 0.25) is 0 Å². The smallest absolute Gasteiger partial charge is 0.340 e. The summed E-state index contributed by atoms with van der Waals surface area (Å²) in [6.07, 6.45) is 7.59. The third kappa shape index (κ3) is 8.93. The van der Waals surface area contributed by atoms with Crippen molar-refractivity contribution in [3.05, 3.63) is 141 Å². The number of methoxy groups -OCH3 is 3. The quantitative estimate of drug-likeness (QED) is 0.127. The normalized spacial score (nSPS) is 10.3. The number of nitrogens with zero attached hydrogens (tertiary/aromatic N) is 5. The molecule has 6 aromatic rings. The fraction of sp³-hybridized carbons (Fsp3) is 0.200. The number of hydrogen-bond acceptors (Lipinski definition) is 11. The second-order valence-electron chi connectivity index (χ2n) is 11.5. The zero-order valence-corrected chi connectivity index (χ0v) is 28.2. The highest BCUT2D eigenvalue weighted by atomic mass is 16.5. The molecular formula is C40H37N5O6. The number of nitriles is 1. The van der Waals surface area contributed by atoms with Crippen LogP contribution in [0.25, 0.3) is 21.8 Å². The van der Waals surface area contributed by atoms with Gasteiger partial charge in [-0.3, -0.25) is 19.9 Å². The van der Waals surface area contributed by atoms with E-state index >= 15 is 0 Å². The standard InChI is InChI=1S/C20H18N2O4.C19H15N3O2.CH4/c1-12-6-15-7-13(9-17(20(24)26-3)18(15)22-11-12)8-16-10-14(4-5-21-16)19(23)25-2;1-12-5-15-6-13(7-16(10-20)18(15)22-11-12)8-17-9-14(3-4-21-17)19(23)24-2;/h4-7,9-11H,8H2,1-3H3;3-7,9,11H,8H2,1-2H3;1H4. The maximum absolute atomic E-state index is 12.2. The maximum atomic E-state index is 12.2. The van der Waals surface area contributed by atoms with Gasteiger partial charge in [0.15, 0.2) is 0 Å². The lowest BCUT2D eigenvalue weighted by Crippen LogP contribution is -2.06. The molecule has 11 nitrogen and oxygen atoms in total. The van der Waals surface area contributed by atoms with Crippen molar-refractivity contribution in [2.24, 2.45) is 0 Å². The lowest BCUT2D eigenvalue weighted by molar-refractivity contribution is 0.0591. The van der Waals surface area contributed by atoms with Crippen molar-refractivity contribution in [3.8, 4) is 6.07 Å². The summed E-state index contributed by atoms with van der Waals surface area (Å²) in [6, 6.07) is 20.3. The third-order valence-electron chi connectivity index (χ3n) is 7.73. The van der Waals surface area contributed by atoms with Crippen molar-refractivity contribution in [2.45, 2.75) is 34.1 Å². The Kier molecular flexibility index (Phi) is 12.2. The molecule has 0 aliphatic heterocycles. The van der Waals surface area contributed by atoms with Crippen LogP contribution >= 0.6 is 0 Å². The molecule has 0 radical (unpaired) electrons. The van der Waals surface area contributed by atoms with Gasteiger partial charge in [-0.25, -0.2) is 14.4 Å². The summed E-state index contributed by atoms with van der Waals surface area (Å²) < 4.78 is 14.4. The van der Waals surface area contributed by atoms with E-state index in [4.69, 9.17) is 14.2 Å². The van der Waals surface area contributed by atoms with Gasteiger partial charge in [-0.1, -0.05) is 7.43 Å². The zero-order chi connectivity index (χ0) is 35.8. The van der Waals surface area contributed by atoms with Crippen LogP contribution in [0.4, 0.5) is 0 Å². The molecule has 4 heterocycles. The van der Waals surface area contributed by atoms with Gasteiger partial charge in [0.05, 0.1) is 54.6 Å². The van der Waals surface area contributed by atoms with Crippen molar-refractivity contribution in [2.75, 3.05) is 21.3 Å². The highest BCUT2D eigenvalue weighted by Gasteiger charge is 2.15. The number of benzene rings is 2. The highest BCUT2D eigenvalue weighted by Crippen LogP contribution is 2.24. The Bertz CT molecular complexity index is 2300. The number of rotatable bonds is 7. The van der Waals surface area contributed by atoms with E-state index in [1.54, 1.807) is 55.1 Å². The van der Waals surface area contributed by atoms with E-state index in [9.17, 15) is 19.6 Å². The molecule has 2 aromatic carbocycles. The Labute approximate surface area is 295 Å². The Balaban J connectivity index is 0.000000225.